The number of benzene rings is 6. The fourth-order valence-electron chi connectivity index (χ4n) is 10.1. The molecule has 89 heavy (non-hydrogen) atoms. The molecule has 0 saturated heterocycles. The molecule has 0 aliphatic rings. The van der Waals surface area contributed by atoms with Crippen molar-refractivity contribution in [2.24, 2.45) is 0 Å². The molecular weight excluding hydrogens is 1350 g/mol. The summed E-state index contributed by atoms with van der Waals surface area (Å²) in [6.07, 6.45) is -32.3. The number of halogens is 25. The minimum absolute atomic E-state index is 0.0762. The Morgan fingerprint density at radius 3 is 0.742 bits per heavy atom. The zero-order chi connectivity index (χ0) is 66.4. The van der Waals surface area contributed by atoms with Crippen LogP contribution in [0.1, 0.15) is 154 Å². The lowest BCUT2D eigenvalue weighted by Crippen LogP contribution is -3.61. The molecule has 0 heterocycles. The van der Waals surface area contributed by atoms with Gasteiger partial charge in [0.1, 0.15) is 11.9 Å². The average molecular weight is 1410 g/mol. The Hall–Kier alpha value is -5.77. The van der Waals surface area contributed by atoms with E-state index in [1.54, 1.807) is 0 Å². The lowest BCUT2D eigenvalue weighted by Gasteiger charge is -2.46. The number of hydrogen-bond acceptors (Lipinski definition) is 1. The van der Waals surface area contributed by atoms with E-state index in [1.807, 2.05) is 0 Å². The molecule has 27 heteroatoms. The standard InChI is InChI=1S/C32H12BF24.C30H46IO/c34-25(35,36)13-1-14(26(37,38)39)6-21(5-13)33(22-7-15(27(40,41)42)2-16(8-22)28(43,44)45,23-9-17(29(46,47)48)3-18(10-23)30(49,50)51)24-11-19(31(52,53)54)4-20(12-24)32(55,56)57;1-2-3-4-5-6-7-8-9-10-11-12-13-14-15-16-20-27-32-30-25-23-29(24-26-30)31-28-21-18-17-19-22-28/h1-12H;17-19,21-26H,2-16,20,27H2,1H3/q-1;+1. The minimum Gasteiger partial charge on any atom is -0.494 e. The van der Waals surface area contributed by atoms with Gasteiger partial charge in [0.2, 0.25) is 0 Å². The molecule has 0 aromatic heterocycles. The van der Waals surface area contributed by atoms with Crippen LogP contribution in [0.2, 0.25) is 0 Å². The topological polar surface area (TPSA) is 9.23 Å². The van der Waals surface area contributed by atoms with Crippen molar-refractivity contribution in [3.05, 3.63) is 179 Å². The molecule has 0 fully saturated rings. The van der Waals surface area contributed by atoms with Crippen molar-refractivity contribution in [3.63, 3.8) is 0 Å². The van der Waals surface area contributed by atoms with Crippen LogP contribution in [-0.4, -0.2) is 12.8 Å². The van der Waals surface area contributed by atoms with Crippen LogP contribution in [-0.2, 0) is 49.4 Å². The first-order chi connectivity index (χ1) is 41.1. The van der Waals surface area contributed by atoms with Gasteiger partial charge in [0.25, 0.3) is 0 Å². The van der Waals surface area contributed by atoms with Crippen molar-refractivity contribution in [2.45, 2.75) is 159 Å². The van der Waals surface area contributed by atoms with Crippen molar-refractivity contribution in [3.8, 4) is 5.75 Å². The van der Waals surface area contributed by atoms with Gasteiger partial charge in [-0.25, -0.2) is 0 Å². The van der Waals surface area contributed by atoms with Crippen molar-refractivity contribution in [1.29, 1.82) is 0 Å². The minimum atomic E-state index is -6.13. The summed E-state index contributed by atoms with van der Waals surface area (Å²) in [5.74, 6) is 1.02. The summed E-state index contributed by atoms with van der Waals surface area (Å²) < 4.78 is 350. The highest BCUT2D eigenvalue weighted by Gasteiger charge is 2.47. The van der Waals surface area contributed by atoms with Crippen molar-refractivity contribution < 1.29 is 131 Å². The Labute approximate surface area is 507 Å². The van der Waals surface area contributed by atoms with E-state index in [0.717, 1.165) is 12.4 Å². The van der Waals surface area contributed by atoms with Gasteiger partial charge in [0, 0.05) is 0 Å². The molecule has 0 unspecified atom stereocenters. The van der Waals surface area contributed by atoms with E-state index in [4.69, 9.17) is 4.74 Å². The largest absolute Gasteiger partial charge is 0.494 e. The van der Waals surface area contributed by atoms with Gasteiger partial charge in [-0.1, -0.05) is 170 Å². The lowest BCUT2D eigenvalue weighted by atomic mass is 9.12. The monoisotopic (exact) mass is 1410 g/mol. The van der Waals surface area contributed by atoms with Crippen LogP contribution in [0, 0.1) is 7.14 Å². The van der Waals surface area contributed by atoms with E-state index in [9.17, 15) is 105 Å². The third kappa shape index (κ3) is 22.0. The van der Waals surface area contributed by atoms with Gasteiger partial charge in [0.05, 0.1) is 51.1 Å². The Balaban J connectivity index is 0.000000380. The number of alkyl halides is 24. The van der Waals surface area contributed by atoms with Crippen LogP contribution in [0.15, 0.2) is 127 Å². The molecule has 490 valence electrons. The van der Waals surface area contributed by atoms with Gasteiger partial charge >= 0.3 is 70.6 Å². The molecule has 0 N–H and O–H groups in total. The highest BCUT2D eigenvalue weighted by molar-refractivity contribution is 7.20. The fraction of sp³-hybridized carbons (Fsp3) is 0.419. The molecule has 0 spiro atoms. The van der Waals surface area contributed by atoms with E-state index in [-0.39, 0.29) is 21.2 Å². The highest BCUT2D eigenvalue weighted by Crippen LogP contribution is 2.42. The fourth-order valence-corrected chi connectivity index (χ4v) is 12.3. The van der Waals surface area contributed by atoms with Crippen molar-refractivity contribution in [2.75, 3.05) is 6.61 Å². The van der Waals surface area contributed by atoms with Crippen LogP contribution in [0.5, 0.6) is 5.75 Å². The van der Waals surface area contributed by atoms with Crippen molar-refractivity contribution >= 4 is 28.0 Å². The summed E-state index contributed by atoms with van der Waals surface area (Å²) in [5, 5.41) is 0. The summed E-state index contributed by atoms with van der Waals surface area (Å²) in [4.78, 5) is 0. The van der Waals surface area contributed by atoms with E-state index >= 15 is 0 Å². The predicted octanol–water partition coefficient (Wildman–Crippen LogP) is 17.7. The maximum Gasteiger partial charge on any atom is 0.416 e. The van der Waals surface area contributed by atoms with Crippen LogP contribution in [0.25, 0.3) is 0 Å². The van der Waals surface area contributed by atoms with Crippen LogP contribution >= 0.6 is 0 Å². The molecule has 0 radical (unpaired) electrons. The first kappa shape index (κ1) is 74.0. The molecule has 6 rings (SSSR count). The summed E-state index contributed by atoms with van der Waals surface area (Å²) in [7, 11) is 0. The highest BCUT2D eigenvalue weighted by atomic mass is 127. The number of hydrogen-bond donors (Lipinski definition) is 0. The Bertz CT molecular complexity index is 2730. The maximum absolute atomic E-state index is 14.2. The maximum atomic E-state index is 14.2. The van der Waals surface area contributed by atoms with E-state index < -0.39 is 195 Å². The normalized spacial score (nSPS) is 13.1. The Morgan fingerprint density at radius 2 is 0.506 bits per heavy atom. The number of ether oxygens (including phenoxy) is 1. The van der Waals surface area contributed by atoms with Gasteiger partial charge < -0.3 is 4.74 Å². The second-order valence-electron chi connectivity index (χ2n) is 21.2. The van der Waals surface area contributed by atoms with E-state index in [2.05, 4.69) is 61.5 Å². The average Bonchev–Trinajstić information content (AvgIpc) is 0.713. The molecular formula is C62H58BF24IO. The van der Waals surface area contributed by atoms with Gasteiger partial charge in [0.15, 0.2) is 7.14 Å². The van der Waals surface area contributed by atoms with E-state index in [1.165, 1.54) is 110 Å². The molecule has 0 bridgehead atoms. The summed E-state index contributed by atoms with van der Waals surface area (Å²) >= 11 is -0.0762. The van der Waals surface area contributed by atoms with Gasteiger partial charge in [-0.2, -0.15) is 127 Å². The number of rotatable bonds is 24. The quantitative estimate of drug-likeness (QED) is 0.0254. The van der Waals surface area contributed by atoms with Gasteiger partial charge in [-0.3, -0.25) is 0 Å². The summed E-state index contributed by atoms with van der Waals surface area (Å²) in [6, 6.07) is 10.8. The molecule has 0 aliphatic heterocycles. The smallest absolute Gasteiger partial charge is 0.416 e. The third-order valence-electron chi connectivity index (χ3n) is 14.5. The zero-order valence-corrected chi connectivity index (χ0v) is 49.2. The molecule has 6 aromatic rings. The van der Waals surface area contributed by atoms with Crippen LogP contribution in [0.3, 0.4) is 0 Å². The molecule has 0 amide bonds. The molecule has 6 aromatic carbocycles. The van der Waals surface area contributed by atoms with Gasteiger partial charge in [-0.15, -0.1) is 0 Å². The predicted molar refractivity (Wildman–Crippen MR) is 285 cm³/mol. The van der Waals surface area contributed by atoms with Crippen LogP contribution < -0.4 is 47.8 Å². The second-order valence-corrected chi connectivity index (χ2v) is 24.2. The number of unbranched alkanes of at least 4 members (excludes halogenated alkanes) is 15. The molecule has 0 atom stereocenters. The van der Waals surface area contributed by atoms with Crippen molar-refractivity contribution in [1.82, 2.24) is 0 Å². The van der Waals surface area contributed by atoms with Gasteiger partial charge in [-0.05, 0) is 67.1 Å². The second kappa shape index (κ2) is 30.6. The molecule has 0 saturated carbocycles. The third-order valence-corrected chi connectivity index (χ3v) is 17.2. The molecule has 0 aliphatic carbocycles. The molecule has 1 nitrogen and oxygen atoms in total. The Kier molecular flexibility index (Phi) is 25.4. The Morgan fingerprint density at radius 1 is 0.281 bits per heavy atom. The first-order valence-electron chi connectivity index (χ1n) is 27.9. The lowest BCUT2D eigenvalue weighted by molar-refractivity contribution is -0.597. The summed E-state index contributed by atoms with van der Waals surface area (Å²) in [6.45, 7) is 3.15. The zero-order valence-electron chi connectivity index (χ0n) is 47.1. The first-order valence-corrected chi connectivity index (χ1v) is 30.1. The van der Waals surface area contributed by atoms with E-state index in [0.29, 0.717) is 0 Å². The van der Waals surface area contributed by atoms with Crippen LogP contribution in [0.4, 0.5) is 105 Å². The summed E-state index contributed by atoms with van der Waals surface area (Å²) in [5.41, 5.74) is -30.2. The SMILES string of the molecule is CCCCCCCCCCCCCCCCCCOc1ccc([I+]c2ccccc2)cc1.FC(F)(F)c1cc([B-](c2cc(C(F)(F)F)cc(C(F)(F)F)c2)(c2cc(C(F)(F)F)cc(C(F)(F)F)c2)c2cc(C(F)(F)F)cc(C(F)(F)F)c2)cc(C(F)(F)F)c1.